The van der Waals surface area contributed by atoms with Crippen molar-refractivity contribution in [3.8, 4) is 0 Å². The van der Waals surface area contributed by atoms with Gasteiger partial charge in [-0.15, -0.1) is 12.4 Å². The van der Waals surface area contributed by atoms with Crippen molar-refractivity contribution in [1.29, 1.82) is 0 Å². The van der Waals surface area contributed by atoms with Crippen molar-refractivity contribution in [1.82, 2.24) is 15.1 Å². The quantitative estimate of drug-likeness (QED) is 0.813. The van der Waals surface area contributed by atoms with Crippen molar-refractivity contribution < 1.29 is 14.3 Å². The molecule has 6 nitrogen and oxygen atoms in total. The first-order valence-electron chi connectivity index (χ1n) is 8.13. The van der Waals surface area contributed by atoms with Crippen LogP contribution in [0.5, 0.6) is 0 Å². The first kappa shape index (κ1) is 17.5. The second kappa shape index (κ2) is 8.13. The monoisotopic (exact) mass is 331 g/mol. The Morgan fingerprint density at radius 3 is 2.45 bits per heavy atom. The van der Waals surface area contributed by atoms with Gasteiger partial charge in [-0.2, -0.15) is 0 Å². The van der Waals surface area contributed by atoms with Crippen LogP contribution < -0.4 is 5.32 Å². The first-order chi connectivity index (χ1) is 10.3. The molecule has 3 heterocycles. The van der Waals surface area contributed by atoms with Gasteiger partial charge in [-0.05, 0) is 25.8 Å². The van der Waals surface area contributed by atoms with Crippen LogP contribution in [-0.4, -0.2) is 73.1 Å². The summed E-state index contributed by atoms with van der Waals surface area (Å²) in [4.78, 5) is 28.5. The number of carbonyl (C=O) groups is 2. The number of rotatable bonds is 3. The van der Waals surface area contributed by atoms with E-state index in [4.69, 9.17) is 4.74 Å². The van der Waals surface area contributed by atoms with Crippen LogP contribution in [0.15, 0.2) is 0 Å². The number of morpholine rings is 1. The summed E-state index contributed by atoms with van der Waals surface area (Å²) >= 11 is 0. The van der Waals surface area contributed by atoms with Crippen LogP contribution in [-0.2, 0) is 14.3 Å². The van der Waals surface area contributed by atoms with Crippen LogP contribution in [0.4, 0.5) is 0 Å². The molecule has 1 N–H and O–H groups in total. The van der Waals surface area contributed by atoms with Gasteiger partial charge in [0, 0.05) is 44.6 Å². The molecule has 0 aromatic rings. The largest absolute Gasteiger partial charge is 0.378 e. The Balaban J connectivity index is 0.00000176. The number of hydrogen-bond donors (Lipinski definition) is 1. The van der Waals surface area contributed by atoms with E-state index in [2.05, 4.69) is 10.2 Å². The normalized spacial score (nSPS) is 28.0. The predicted molar refractivity (Wildman–Crippen MR) is 85.0 cm³/mol. The Kier molecular flexibility index (Phi) is 6.47. The number of carbonyl (C=O) groups excluding carboxylic acids is 2. The van der Waals surface area contributed by atoms with Gasteiger partial charge in [-0.3, -0.25) is 9.59 Å². The highest BCUT2D eigenvalue weighted by molar-refractivity contribution is 5.85. The smallest absolute Gasteiger partial charge is 0.223 e. The second-order valence-corrected chi connectivity index (χ2v) is 6.17. The van der Waals surface area contributed by atoms with E-state index in [-0.39, 0.29) is 24.2 Å². The SMILES string of the molecule is Cl.O=C(CCC(=O)N1C2CCNCC1CC2)N1CCOCC1. The number of fused-ring (bicyclic) bond motifs is 2. The molecule has 0 spiro atoms. The van der Waals surface area contributed by atoms with E-state index in [9.17, 15) is 9.59 Å². The van der Waals surface area contributed by atoms with Crippen LogP contribution in [0.25, 0.3) is 0 Å². The number of ether oxygens (including phenoxy) is 1. The molecule has 3 fully saturated rings. The van der Waals surface area contributed by atoms with Crippen molar-refractivity contribution in [2.24, 2.45) is 0 Å². The summed E-state index contributed by atoms with van der Waals surface area (Å²) in [6, 6.07) is 0.722. The molecule has 22 heavy (non-hydrogen) atoms. The predicted octanol–water partition coefficient (Wildman–Crippen LogP) is 0.400. The number of halogens is 1. The maximum Gasteiger partial charge on any atom is 0.223 e. The standard InChI is InChI=1S/C15H25N3O3.ClH/c19-14(17-7-9-21-10-8-17)3-4-15(20)18-12-1-2-13(18)11-16-6-5-12;/h12-13,16H,1-11H2;1H. The van der Waals surface area contributed by atoms with Crippen LogP contribution >= 0.6 is 12.4 Å². The zero-order valence-corrected chi connectivity index (χ0v) is 13.8. The van der Waals surface area contributed by atoms with Crippen LogP contribution in [0, 0.1) is 0 Å². The topological polar surface area (TPSA) is 61.9 Å². The molecule has 0 saturated carbocycles. The maximum atomic E-state index is 12.5. The van der Waals surface area contributed by atoms with Gasteiger partial charge in [-0.25, -0.2) is 0 Å². The van der Waals surface area contributed by atoms with Crippen molar-refractivity contribution in [3.05, 3.63) is 0 Å². The van der Waals surface area contributed by atoms with E-state index in [1.807, 2.05) is 4.90 Å². The van der Waals surface area contributed by atoms with Gasteiger partial charge in [-0.1, -0.05) is 0 Å². The summed E-state index contributed by atoms with van der Waals surface area (Å²) < 4.78 is 5.24. The molecule has 0 aromatic heterocycles. The minimum absolute atomic E-state index is 0. The van der Waals surface area contributed by atoms with E-state index in [1.165, 1.54) is 0 Å². The fourth-order valence-corrected chi connectivity index (χ4v) is 3.70. The van der Waals surface area contributed by atoms with Crippen molar-refractivity contribution in [3.63, 3.8) is 0 Å². The molecule has 2 bridgehead atoms. The molecule has 0 aromatic carbocycles. The van der Waals surface area contributed by atoms with Gasteiger partial charge in [0.25, 0.3) is 0 Å². The van der Waals surface area contributed by atoms with E-state index in [0.717, 1.165) is 32.4 Å². The van der Waals surface area contributed by atoms with E-state index >= 15 is 0 Å². The highest BCUT2D eigenvalue weighted by atomic mass is 35.5. The minimum Gasteiger partial charge on any atom is -0.378 e. The lowest BCUT2D eigenvalue weighted by atomic mass is 10.1. The Bertz CT molecular complexity index is 387. The third kappa shape index (κ3) is 3.91. The summed E-state index contributed by atoms with van der Waals surface area (Å²) in [5.41, 5.74) is 0. The molecule has 126 valence electrons. The molecule has 3 aliphatic rings. The summed E-state index contributed by atoms with van der Waals surface area (Å²) in [5, 5.41) is 3.40. The lowest BCUT2D eigenvalue weighted by Gasteiger charge is -2.29. The zero-order valence-electron chi connectivity index (χ0n) is 13.0. The summed E-state index contributed by atoms with van der Waals surface area (Å²) in [7, 11) is 0. The number of nitrogens with one attached hydrogen (secondary N) is 1. The Morgan fingerprint density at radius 2 is 1.68 bits per heavy atom. The van der Waals surface area contributed by atoms with Gasteiger partial charge in [0.05, 0.1) is 13.2 Å². The molecule has 3 saturated heterocycles. The van der Waals surface area contributed by atoms with Gasteiger partial charge < -0.3 is 19.9 Å². The van der Waals surface area contributed by atoms with Crippen molar-refractivity contribution >= 4 is 24.2 Å². The summed E-state index contributed by atoms with van der Waals surface area (Å²) in [5.74, 6) is 0.250. The third-order valence-electron chi connectivity index (χ3n) is 4.86. The average Bonchev–Trinajstić information content (AvgIpc) is 2.78. The molecule has 2 atom stereocenters. The number of nitrogens with zero attached hydrogens (tertiary/aromatic N) is 2. The highest BCUT2D eigenvalue weighted by Gasteiger charge is 2.37. The molecule has 7 heteroatoms. The van der Waals surface area contributed by atoms with E-state index < -0.39 is 0 Å². The number of hydrogen-bond acceptors (Lipinski definition) is 4. The van der Waals surface area contributed by atoms with Crippen LogP contribution in [0.2, 0.25) is 0 Å². The molecule has 0 radical (unpaired) electrons. The van der Waals surface area contributed by atoms with Crippen LogP contribution in [0.1, 0.15) is 32.1 Å². The maximum absolute atomic E-state index is 12.5. The molecule has 2 amide bonds. The second-order valence-electron chi connectivity index (χ2n) is 6.17. The number of amides is 2. The van der Waals surface area contributed by atoms with Crippen molar-refractivity contribution in [2.75, 3.05) is 39.4 Å². The minimum atomic E-state index is 0. The molecule has 0 aliphatic carbocycles. The molecular formula is C15H26ClN3O3. The Hall–Kier alpha value is -0.850. The Labute approximate surface area is 137 Å². The van der Waals surface area contributed by atoms with Gasteiger partial charge >= 0.3 is 0 Å². The lowest BCUT2D eigenvalue weighted by molar-refractivity contribution is -0.140. The molecule has 2 unspecified atom stereocenters. The van der Waals surface area contributed by atoms with Crippen molar-refractivity contribution in [2.45, 2.75) is 44.2 Å². The van der Waals surface area contributed by atoms with E-state index in [0.29, 0.717) is 51.2 Å². The first-order valence-corrected chi connectivity index (χ1v) is 8.13. The molecular weight excluding hydrogens is 306 g/mol. The van der Waals surface area contributed by atoms with E-state index in [1.54, 1.807) is 0 Å². The fraction of sp³-hybridized carbons (Fsp3) is 0.867. The lowest BCUT2D eigenvalue weighted by Crippen LogP contribution is -2.44. The summed E-state index contributed by atoms with van der Waals surface area (Å²) in [6.45, 7) is 4.44. The Morgan fingerprint density at radius 1 is 1.00 bits per heavy atom. The van der Waals surface area contributed by atoms with Gasteiger partial charge in [0.2, 0.25) is 11.8 Å². The third-order valence-corrected chi connectivity index (χ3v) is 4.86. The fourth-order valence-electron chi connectivity index (χ4n) is 3.70. The van der Waals surface area contributed by atoms with Gasteiger partial charge in [0.15, 0.2) is 0 Å². The molecule has 3 rings (SSSR count). The summed E-state index contributed by atoms with van der Waals surface area (Å²) in [6.07, 6.45) is 3.95. The molecule has 3 aliphatic heterocycles. The van der Waals surface area contributed by atoms with Gasteiger partial charge in [0.1, 0.15) is 0 Å². The van der Waals surface area contributed by atoms with Crippen LogP contribution in [0.3, 0.4) is 0 Å². The average molecular weight is 332 g/mol. The zero-order chi connectivity index (χ0) is 14.7. The highest BCUT2D eigenvalue weighted by Crippen LogP contribution is 2.28.